The predicted molar refractivity (Wildman–Crippen MR) is 58.5 cm³/mol. The molecule has 0 fully saturated rings. The Balaban J connectivity index is 2.58. The van der Waals surface area contributed by atoms with Crippen LogP contribution in [0.1, 0.15) is 32.6 Å². The van der Waals surface area contributed by atoms with E-state index in [1.54, 1.807) is 0 Å². The number of hydrogen-bond acceptors (Lipinski definition) is 1. The van der Waals surface area contributed by atoms with Crippen LogP contribution in [-0.4, -0.2) is 7.05 Å². The summed E-state index contributed by atoms with van der Waals surface area (Å²) in [6, 6.07) is 0. The van der Waals surface area contributed by atoms with Crippen LogP contribution in [0.2, 0.25) is 0 Å². The van der Waals surface area contributed by atoms with Gasteiger partial charge in [-0.3, -0.25) is 0 Å². The van der Waals surface area contributed by atoms with Gasteiger partial charge in [-0.25, -0.2) is 0 Å². The van der Waals surface area contributed by atoms with Gasteiger partial charge in [0.05, 0.1) is 0 Å². The Kier molecular flexibility index (Phi) is 4.37. The highest BCUT2D eigenvalue weighted by Crippen LogP contribution is 2.16. The molecule has 0 aliphatic heterocycles. The second-order valence-corrected chi connectivity index (χ2v) is 3.33. The quantitative estimate of drug-likeness (QED) is 0.698. The van der Waals surface area contributed by atoms with E-state index in [-0.39, 0.29) is 0 Å². The van der Waals surface area contributed by atoms with Gasteiger partial charge < -0.3 is 5.32 Å². The first-order valence-electron chi connectivity index (χ1n) is 5.11. The molecule has 0 radical (unpaired) electrons. The Hall–Kier alpha value is -0.980. The molecule has 1 aliphatic carbocycles. The molecule has 0 atom stereocenters. The van der Waals surface area contributed by atoms with Gasteiger partial charge in [0.25, 0.3) is 0 Å². The number of hydrogen-bond donors (Lipinski definition) is 1. The van der Waals surface area contributed by atoms with Crippen LogP contribution in [0.15, 0.2) is 35.6 Å². The van der Waals surface area contributed by atoms with Crippen LogP contribution in [0.5, 0.6) is 0 Å². The molecule has 1 heteroatoms. The molecule has 1 aliphatic rings. The van der Waals surface area contributed by atoms with Gasteiger partial charge in [-0.15, -0.1) is 0 Å². The van der Waals surface area contributed by atoms with Crippen LogP contribution >= 0.6 is 0 Å². The fourth-order valence-electron chi connectivity index (χ4n) is 1.47. The van der Waals surface area contributed by atoms with E-state index in [0.29, 0.717) is 0 Å². The molecular weight excluding hydrogens is 158 g/mol. The molecule has 0 saturated heterocycles. The van der Waals surface area contributed by atoms with E-state index in [0.717, 1.165) is 6.42 Å². The van der Waals surface area contributed by atoms with Crippen molar-refractivity contribution in [2.75, 3.05) is 7.05 Å². The van der Waals surface area contributed by atoms with Crippen molar-refractivity contribution in [2.24, 2.45) is 0 Å². The monoisotopic (exact) mass is 177 g/mol. The summed E-state index contributed by atoms with van der Waals surface area (Å²) in [5.74, 6) is 0. The highest BCUT2D eigenvalue weighted by Gasteiger charge is 1.96. The minimum atomic E-state index is 1.07. The minimum Gasteiger partial charge on any atom is -0.391 e. The van der Waals surface area contributed by atoms with E-state index in [2.05, 4.69) is 36.5 Å². The highest BCUT2D eigenvalue weighted by atomic mass is 14.8. The summed E-state index contributed by atoms with van der Waals surface area (Å²) in [5, 5.41) is 3.18. The van der Waals surface area contributed by atoms with Crippen molar-refractivity contribution < 1.29 is 0 Å². The average Bonchev–Trinajstić information content (AvgIpc) is 2.21. The minimum absolute atomic E-state index is 1.07. The predicted octanol–water partition coefficient (Wildman–Crippen LogP) is 3.17. The van der Waals surface area contributed by atoms with Crippen LogP contribution < -0.4 is 5.32 Å². The molecular formula is C12H19N. The summed E-state index contributed by atoms with van der Waals surface area (Å²) in [7, 11) is 1.98. The molecule has 1 nitrogen and oxygen atoms in total. The van der Waals surface area contributed by atoms with Crippen molar-refractivity contribution in [3.63, 3.8) is 0 Å². The van der Waals surface area contributed by atoms with Crippen LogP contribution in [0, 0.1) is 0 Å². The van der Waals surface area contributed by atoms with Gasteiger partial charge in [-0.1, -0.05) is 25.2 Å². The zero-order chi connectivity index (χ0) is 9.52. The summed E-state index contributed by atoms with van der Waals surface area (Å²) in [6.45, 7) is 2.16. The van der Waals surface area contributed by atoms with Gasteiger partial charge in [0.1, 0.15) is 0 Å². The molecule has 0 aromatic rings. The Morgan fingerprint density at radius 1 is 1.62 bits per heavy atom. The smallest absolute Gasteiger partial charge is 0.0101 e. The summed E-state index contributed by atoms with van der Waals surface area (Å²) < 4.78 is 0. The first-order valence-corrected chi connectivity index (χ1v) is 5.11. The standard InChI is InChI=1S/C12H19N/c1-3-12(13-2)10-9-11-7-5-4-6-8-11/h5,7,9-10,13H,3-4,6,8H2,1-2H3/b11-9-,12-10-. The molecule has 0 spiro atoms. The van der Waals surface area contributed by atoms with Crippen molar-refractivity contribution in [2.45, 2.75) is 32.6 Å². The van der Waals surface area contributed by atoms with E-state index in [9.17, 15) is 0 Å². The lowest BCUT2D eigenvalue weighted by molar-refractivity contribution is 0.820. The van der Waals surface area contributed by atoms with Crippen LogP contribution in [0.25, 0.3) is 0 Å². The first kappa shape index (κ1) is 10.1. The molecule has 1 rings (SSSR count). The second kappa shape index (κ2) is 5.63. The van der Waals surface area contributed by atoms with Crippen LogP contribution in [0.3, 0.4) is 0 Å². The maximum absolute atomic E-state index is 3.18. The van der Waals surface area contributed by atoms with Gasteiger partial charge in [0.15, 0.2) is 0 Å². The van der Waals surface area contributed by atoms with Gasteiger partial charge in [-0.2, -0.15) is 0 Å². The Labute approximate surface area is 81.2 Å². The second-order valence-electron chi connectivity index (χ2n) is 3.33. The molecule has 13 heavy (non-hydrogen) atoms. The first-order chi connectivity index (χ1) is 6.36. The van der Waals surface area contributed by atoms with Crippen molar-refractivity contribution in [3.8, 4) is 0 Å². The Morgan fingerprint density at radius 2 is 2.46 bits per heavy atom. The third kappa shape index (κ3) is 3.49. The lowest BCUT2D eigenvalue weighted by Gasteiger charge is -2.06. The van der Waals surface area contributed by atoms with Crippen LogP contribution in [0.4, 0.5) is 0 Å². The zero-order valence-corrected chi connectivity index (χ0v) is 8.64. The highest BCUT2D eigenvalue weighted by molar-refractivity contribution is 5.27. The lowest BCUT2D eigenvalue weighted by atomic mass is 10.0. The third-order valence-corrected chi connectivity index (χ3v) is 2.37. The summed E-state index contributed by atoms with van der Waals surface area (Å²) in [4.78, 5) is 0. The summed E-state index contributed by atoms with van der Waals surface area (Å²) in [6.07, 6.45) is 13.8. The van der Waals surface area contributed by atoms with Crippen molar-refractivity contribution in [1.82, 2.24) is 5.32 Å². The average molecular weight is 177 g/mol. The SMILES string of the molecule is CC/C(=C/C=C1/C=CCCC1)NC. The van der Waals surface area contributed by atoms with Gasteiger partial charge in [-0.05, 0) is 37.3 Å². The molecule has 0 aromatic carbocycles. The fraction of sp³-hybridized carbons (Fsp3) is 0.500. The largest absolute Gasteiger partial charge is 0.391 e. The molecule has 0 aromatic heterocycles. The maximum atomic E-state index is 3.18. The summed E-state index contributed by atoms with van der Waals surface area (Å²) in [5.41, 5.74) is 2.75. The zero-order valence-electron chi connectivity index (χ0n) is 8.64. The number of allylic oxidation sites excluding steroid dienone is 6. The van der Waals surface area contributed by atoms with Gasteiger partial charge in [0.2, 0.25) is 0 Å². The Morgan fingerprint density at radius 3 is 3.00 bits per heavy atom. The van der Waals surface area contributed by atoms with Crippen molar-refractivity contribution in [1.29, 1.82) is 0 Å². The maximum Gasteiger partial charge on any atom is 0.0101 e. The summed E-state index contributed by atoms with van der Waals surface area (Å²) >= 11 is 0. The molecule has 0 saturated carbocycles. The van der Waals surface area contributed by atoms with E-state index in [1.807, 2.05) is 7.05 Å². The normalized spacial score (nSPS) is 20.8. The van der Waals surface area contributed by atoms with Crippen molar-refractivity contribution in [3.05, 3.63) is 35.6 Å². The lowest BCUT2D eigenvalue weighted by Crippen LogP contribution is -2.03. The third-order valence-electron chi connectivity index (χ3n) is 2.37. The molecule has 0 amide bonds. The topological polar surface area (TPSA) is 12.0 Å². The molecule has 0 bridgehead atoms. The molecule has 0 unspecified atom stereocenters. The van der Waals surface area contributed by atoms with Gasteiger partial charge >= 0.3 is 0 Å². The van der Waals surface area contributed by atoms with E-state index < -0.39 is 0 Å². The fourth-order valence-corrected chi connectivity index (χ4v) is 1.47. The molecule has 0 heterocycles. The van der Waals surface area contributed by atoms with E-state index >= 15 is 0 Å². The molecule has 1 N–H and O–H groups in total. The van der Waals surface area contributed by atoms with E-state index in [1.165, 1.54) is 30.5 Å². The number of rotatable bonds is 3. The number of nitrogens with one attached hydrogen (secondary N) is 1. The van der Waals surface area contributed by atoms with Crippen molar-refractivity contribution >= 4 is 0 Å². The van der Waals surface area contributed by atoms with Crippen LogP contribution in [-0.2, 0) is 0 Å². The molecule has 72 valence electrons. The van der Waals surface area contributed by atoms with E-state index in [4.69, 9.17) is 0 Å². The Bertz CT molecular complexity index is 228. The van der Waals surface area contributed by atoms with Gasteiger partial charge in [0, 0.05) is 12.7 Å².